The summed E-state index contributed by atoms with van der Waals surface area (Å²) >= 11 is 0. The molecule has 1 unspecified atom stereocenters. The third-order valence-electron chi connectivity index (χ3n) is 4.17. The lowest BCUT2D eigenvalue weighted by Gasteiger charge is -2.35. The molecule has 1 aromatic rings. The Balaban J connectivity index is 1.92. The Morgan fingerprint density at radius 2 is 2.14 bits per heavy atom. The second-order valence-corrected chi connectivity index (χ2v) is 5.71. The van der Waals surface area contributed by atoms with E-state index in [9.17, 15) is 4.79 Å². The molecule has 2 heterocycles. The topological polar surface area (TPSA) is 96.2 Å². The van der Waals surface area contributed by atoms with Crippen molar-refractivity contribution in [2.45, 2.75) is 44.1 Å². The molecule has 21 heavy (non-hydrogen) atoms. The van der Waals surface area contributed by atoms with Crippen LogP contribution in [-0.2, 0) is 4.79 Å². The van der Waals surface area contributed by atoms with Gasteiger partial charge in [-0.15, -0.1) is 0 Å². The Morgan fingerprint density at radius 3 is 2.81 bits per heavy atom. The molecule has 1 aliphatic heterocycles. The van der Waals surface area contributed by atoms with E-state index in [4.69, 9.17) is 5.84 Å². The van der Waals surface area contributed by atoms with E-state index in [1.807, 2.05) is 6.07 Å². The minimum Gasteiger partial charge on any atom is -0.357 e. The summed E-state index contributed by atoms with van der Waals surface area (Å²) in [5, 5.41) is 2.75. The first-order valence-corrected chi connectivity index (χ1v) is 7.56. The second-order valence-electron chi connectivity index (χ2n) is 5.71. The lowest BCUT2D eigenvalue weighted by molar-refractivity contribution is -0.122. The number of hydrazine groups is 1. The first-order chi connectivity index (χ1) is 10.2. The lowest BCUT2D eigenvalue weighted by atomic mass is 10.0. The van der Waals surface area contributed by atoms with Crippen LogP contribution in [-0.4, -0.2) is 35.5 Å². The van der Waals surface area contributed by atoms with Crippen LogP contribution in [0.25, 0.3) is 0 Å². The maximum absolute atomic E-state index is 12.1. The average Bonchev–Trinajstić information content (AvgIpc) is 3.38. The Kier molecular flexibility index (Phi) is 3.92. The number of carbonyl (C=O) groups excluding carboxylic acids is 1. The molecule has 3 rings (SSSR count). The normalized spacial score (nSPS) is 22.0. The van der Waals surface area contributed by atoms with Crippen LogP contribution >= 0.6 is 0 Å². The van der Waals surface area contributed by atoms with Crippen LogP contribution in [0.15, 0.2) is 6.07 Å². The van der Waals surface area contributed by atoms with Crippen molar-refractivity contribution in [3.8, 4) is 0 Å². The molecule has 0 bridgehead atoms. The Labute approximate surface area is 124 Å². The van der Waals surface area contributed by atoms with Crippen molar-refractivity contribution in [2.75, 3.05) is 23.9 Å². The highest BCUT2D eigenvalue weighted by molar-refractivity contribution is 5.85. The van der Waals surface area contributed by atoms with Crippen LogP contribution in [0.1, 0.15) is 43.8 Å². The number of amides is 1. The van der Waals surface area contributed by atoms with Crippen molar-refractivity contribution in [2.24, 2.45) is 5.84 Å². The van der Waals surface area contributed by atoms with Crippen LogP contribution in [0.2, 0.25) is 0 Å². The molecule has 2 aliphatic rings. The number of nitrogens with two attached hydrogens (primary N) is 1. The lowest BCUT2D eigenvalue weighted by Crippen LogP contribution is -2.49. The maximum atomic E-state index is 12.1. The number of likely N-dealkylation sites (N-methyl/N-ethyl adjacent to an activating group) is 1. The minimum absolute atomic E-state index is 0.0449. The fourth-order valence-electron chi connectivity index (χ4n) is 2.84. The molecule has 1 saturated carbocycles. The van der Waals surface area contributed by atoms with Crippen molar-refractivity contribution >= 4 is 17.5 Å². The van der Waals surface area contributed by atoms with Gasteiger partial charge in [0.15, 0.2) is 0 Å². The Bertz CT molecular complexity index is 530. The number of hydrogen-bond acceptors (Lipinski definition) is 6. The van der Waals surface area contributed by atoms with Gasteiger partial charge < -0.3 is 15.6 Å². The van der Waals surface area contributed by atoms with Gasteiger partial charge in [0, 0.05) is 25.6 Å². The highest BCUT2D eigenvalue weighted by Gasteiger charge is 2.32. The zero-order valence-corrected chi connectivity index (χ0v) is 12.3. The van der Waals surface area contributed by atoms with E-state index in [1.54, 1.807) is 7.05 Å². The van der Waals surface area contributed by atoms with Gasteiger partial charge in [-0.1, -0.05) is 0 Å². The smallest absolute Gasteiger partial charge is 0.242 e. The number of nitrogens with zero attached hydrogens (tertiary/aromatic N) is 3. The van der Waals surface area contributed by atoms with E-state index >= 15 is 0 Å². The minimum atomic E-state index is -0.156. The molecular formula is C14H22N6O. The summed E-state index contributed by atoms with van der Waals surface area (Å²) in [5.74, 6) is 8.26. The van der Waals surface area contributed by atoms with Crippen LogP contribution in [0, 0.1) is 0 Å². The summed E-state index contributed by atoms with van der Waals surface area (Å²) in [4.78, 5) is 23.3. The fourth-order valence-corrected chi connectivity index (χ4v) is 2.84. The molecule has 0 aromatic carbocycles. The van der Waals surface area contributed by atoms with Crippen molar-refractivity contribution in [3.05, 3.63) is 11.9 Å². The standard InChI is InChI=1S/C14H22N6O/c1-16-14(21)10-4-2-3-7-20(10)12-8-11(19-15)17-13(18-12)9-5-6-9/h8-10H,2-7,15H2,1H3,(H,16,21)(H,17,18,19). The van der Waals surface area contributed by atoms with Crippen LogP contribution in [0.5, 0.6) is 0 Å². The van der Waals surface area contributed by atoms with E-state index in [1.165, 1.54) is 0 Å². The van der Waals surface area contributed by atoms with E-state index < -0.39 is 0 Å². The molecule has 1 saturated heterocycles. The molecule has 7 heteroatoms. The van der Waals surface area contributed by atoms with Gasteiger partial charge in [-0.3, -0.25) is 4.79 Å². The van der Waals surface area contributed by atoms with Gasteiger partial charge in [0.1, 0.15) is 23.5 Å². The van der Waals surface area contributed by atoms with Crippen molar-refractivity contribution < 1.29 is 4.79 Å². The van der Waals surface area contributed by atoms with Gasteiger partial charge in [-0.05, 0) is 32.1 Å². The Morgan fingerprint density at radius 1 is 1.33 bits per heavy atom. The first-order valence-electron chi connectivity index (χ1n) is 7.56. The number of hydrogen-bond donors (Lipinski definition) is 3. The van der Waals surface area contributed by atoms with E-state index in [-0.39, 0.29) is 11.9 Å². The van der Waals surface area contributed by atoms with E-state index in [0.717, 1.165) is 50.3 Å². The number of anilines is 2. The predicted molar refractivity (Wildman–Crippen MR) is 80.9 cm³/mol. The van der Waals surface area contributed by atoms with Crippen molar-refractivity contribution in [1.29, 1.82) is 0 Å². The predicted octanol–water partition coefficient (Wildman–Crippen LogP) is 0.744. The van der Waals surface area contributed by atoms with Crippen LogP contribution < -0.4 is 21.5 Å². The molecule has 1 aromatic heterocycles. The molecule has 0 radical (unpaired) electrons. The van der Waals surface area contributed by atoms with Gasteiger partial charge in [0.05, 0.1) is 0 Å². The molecule has 7 nitrogen and oxygen atoms in total. The molecule has 2 fully saturated rings. The highest BCUT2D eigenvalue weighted by atomic mass is 16.2. The zero-order valence-electron chi connectivity index (χ0n) is 12.3. The number of nitrogens with one attached hydrogen (secondary N) is 2. The molecule has 1 atom stereocenters. The van der Waals surface area contributed by atoms with Crippen molar-refractivity contribution in [3.63, 3.8) is 0 Å². The van der Waals surface area contributed by atoms with Gasteiger partial charge in [-0.25, -0.2) is 15.8 Å². The summed E-state index contributed by atoms with van der Waals surface area (Å²) in [6.45, 7) is 0.837. The molecule has 1 aliphatic carbocycles. The van der Waals surface area contributed by atoms with Crippen molar-refractivity contribution in [1.82, 2.24) is 15.3 Å². The summed E-state index contributed by atoms with van der Waals surface area (Å²) < 4.78 is 0. The number of piperidine rings is 1. The van der Waals surface area contributed by atoms with Crippen LogP contribution in [0.3, 0.4) is 0 Å². The molecule has 1 amide bonds. The quantitative estimate of drug-likeness (QED) is 0.559. The first kappa shape index (κ1) is 14.1. The average molecular weight is 290 g/mol. The third kappa shape index (κ3) is 2.92. The highest BCUT2D eigenvalue weighted by Crippen LogP contribution is 2.39. The third-order valence-corrected chi connectivity index (χ3v) is 4.17. The monoisotopic (exact) mass is 290 g/mol. The number of carbonyl (C=O) groups is 1. The van der Waals surface area contributed by atoms with E-state index in [0.29, 0.717) is 11.7 Å². The van der Waals surface area contributed by atoms with Gasteiger partial charge in [0.25, 0.3) is 0 Å². The molecule has 0 spiro atoms. The number of aromatic nitrogens is 2. The molecule has 4 N–H and O–H groups in total. The maximum Gasteiger partial charge on any atom is 0.242 e. The van der Waals surface area contributed by atoms with Crippen LogP contribution in [0.4, 0.5) is 11.6 Å². The summed E-state index contributed by atoms with van der Waals surface area (Å²) in [6, 6.07) is 1.67. The molecular weight excluding hydrogens is 268 g/mol. The van der Waals surface area contributed by atoms with E-state index in [2.05, 4.69) is 25.6 Å². The fraction of sp³-hybridized carbons (Fsp3) is 0.643. The number of rotatable bonds is 4. The zero-order chi connectivity index (χ0) is 14.8. The van der Waals surface area contributed by atoms with Gasteiger partial charge in [0.2, 0.25) is 5.91 Å². The van der Waals surface area contributed by atoms with Gasteiger partial charge in [-0.2, -0.15) is 0 Å². The summed E-state index contributed by atoms with van der Waals surface area (Å²) in [5.41, 5.74) is 2.61. The summed E-state index contributed by atoms with van der Waals surface area (Å²) in [7, 11) is 1.68. The number of nitrogen functional groups attached to an aromatic ring is 1. The Hall–Kier alpha value is -1.89. The van der Waals surface area contributed by atoms with Gasteiger partial charge >= 0.3 is 0 Å². The SMILES string of the molecule is CNC(=O)C1CCCCN1c1cc(NN)nc(C2CC2)n1. The summed E-state index contributed by atoms with van der Waals surface area (Å²) in [6.07, 6.45) is 5.26. The second kappa shape index (κ2) is 5.85. The molecule has 114 valence electrons. The largest absolute Gasteiger partial charge is 0.357 e.